The molecule has 0 fully saturated rings. The number of hydrogen-bond donors (Lipinski definition) is 2. The molecule has 0 aliphatic heterocycles. The second kappa shape index (κ2) is 6.83. The van der Waals surface area contributed by atoms with E-state index in [1.165, 1.54) is 0 Å². The summed E-state index contributed by atoms with van der Waals surface area (Å²) in [6, 6.07) is 1.89. The van der Waals surface area contributed by atoms with Crippen molar-refractivity contribution in [1.82, 2.24) is 9.97 Å². The molecule has 16 heavy (non-hydrogen) atoms. The van der Waals surface area contributed by atoms with E-state index in [9.17, 15) is 5.11 Å². The Balaban J connectivity index is 2.22. The van der Waals surface area contributed by atoms with E-state index in [1.54, 1.807) is 24.3 Å². The normalized spacial score (nSPS) is 14.7. The summed E-state index contributed by atoms with van der Waals surface area (Å²) in [5.41, 5.74) is 4.85. The highest BCUT2D eigenvalue weighted by Gasteiger charge is 2.21. The van der Waals surface area contributed by atoms with Gasteiger partial charge in [-0.1, -0.05) is 6.92 Å². The van der Waals surface area contributed by atoms with E-state index in [0.717, 1.165) is 23.6 Å². The average Bonchev–Trinajstić information content (AvgIpc) is 2.36. The maximum atomic E-state index is 9.97. The van der Waals surface area contributed by atoms with Crippen LogP contribution in [0.1, 0.15) is 26.2 Å². The summed E-state index contributed by atoms with van der Waals surface area (Å²) in [6.07, 6.45) is 5.68. The second-order valence-electron chi connectivity index (χ2n) is 3.78. The van der Waals surface area contributed by atoms with Crippen LogP contribution < -0.4 is 5.73 Å². The molecule has 1 atom stereocenters. The zero-order valence-corrected chi connectivity index (χ0v) is 10.4. The van der Waals surface area contributed by atoms with Gasteiger partial charge in [-0.15, -0.1) is 11.8 Å². The minimum atomic E-state index is -0.688. The van der Waals surface area contributed by atoms with Gasteiger partial charge in [-0.3, -0.25) is 0 Å². The Labute approximate surface area is 101 Å². The van der Waals surface area contributed by atoms with Gasteiger partial charge in [0.15, 0.2) is 0 Å². The molecule has 1 aromatic rings. The van der Waals surface area contributed by atoms with Gasteiger partial charge in [0.05, 0.1) is 10.6 Å². The van der Waals surface area contributed by atoms with Crippen molar-refractivity contribution < 1.29 is 5.11 Å². The third kappa shape index (κ3) is 4.47. The number of nitrogens with zero attached hydrogens (tertiary/aromatic N) is 2. The Kier molecular flexibility index (Phi) is 5.73. The third-order valence-corrected chi connectivity index (χ3v) is 3.66. The lowest BCUT2D eigenvalue weighted by atomic mass is 9.95. The summed E-state index contributed by atoms with van der Waals surface area (Å²) in [6.45, 7) is 2.30. The van der Waals surface area contributed by atoms with Crippen molar-refractivity contribution in [3.05, 3.63) is 18.6 Å². The smallest absolute Gasteiger partial charge is 0.116 e. The molecule has 1 heterocycles. The monoisotopic (exact) mass is 241 g/mol. The molecule has 4 nitrogen and oxygen atoms in total. The van der Waals surface area contributed by atoms with E-state index in [4.69, 9.17) is 5.73 Å². The van der Waals surface area contributed by atoms with Gasteiger partial charge in [-0.05, 0) is 31.1 Å². The molecular formula is C11H19N3OS. The fraction of sp³-hybridized carbons (Fsp3) is 0.636. The van der Waals surface area contributed by atoms with E-state index in [-0.39, 0.29) is 0 Å². The zero-order valence-electron chi connectivity index (χ0n) is 9.59. The van der Waals surface area contributed by atoms with E-state index in [1.807, 2.05) is 13.0 Å². The molecule has 0 aliphatic rings. The highest BCUT2D eigenvalue weighted by atomic mass is 32.2. The predicted octanol–water partition coefficient (Wildman–Crippen LogP) is 1.45. The molecule has 0 spiro atoms. The fourth-order valence-corrected chi connectivity index (χ4v) is 2.14. The molecule has 0 bridgehead atoms. The van der Waals surface area contributed by atoms with Crippen LogP contribution in [-0.2, 0) is 0 Å². The van der Waals surface area contributed by atoms with Crippen LogP contribution in [0.15, 0.2) is 23.6 Å². The van der Waals surface area contributed by atoms with E-state index < -0.39 is 5.60 Å². The molecule has 1 unspecified atom stereocenters. The van der Waals surface area contributed by atoms with Crippen LogP contribution in [0.2, 0.25) is 0 Å². The summed E-state index contributed by atoms with van der Waals surface area (Å²) < 4.78 is 0. The van der Waals surface area contributed by atoms with Crippen LogP contribution in [0.4, 0.5) is 0 Å². The van der Waals surface area contributed by atoms with Gasteiger partial charge in [-0.2, -0.15) is 0 Å². The molecule has 0 saturated carbocycles. The zero-order chi connectivity index (χ0) is 11.9. The van der Waals surface area contributed by atoms with Crippen LogP contribution in [0.3, 0.4) is 0 Å². The molecule has 1 rings (SSSR count). The maximum Gasteiger partial charge on any atom is 0.116 e. The molecule has 3 N–H and O–H groups in total. The number of nitrogens with two attached hydrogens (primary N) is 1. The predicted molar refractivity (Wildman–Crippen MR) is 66.3 cm³/mol. The van der Waals surface area contributed by atoms with Crippen LogP contribution in [0.25, 0.3) is 0 Å². The summed E-state index contributed by atoms with van der Waals surface area (Å²) in [5, 5.41) is 10.9. The Bertz CT molecular complexity index is 291. The number of thioether (sulfide) groups is 1. The minimum absolute atomic E-state index is 0.335. The van der Waals surface area contributed by atoms with E-state index in [0.29, 0.717) is 13.0 Å². The third-order valence-electron chi connectivity index (χ3n) is 2.63. The SMILES string of the molecule is CCC(O)(CN)CCCSc1ccncn1. The summed E-state index contributed by atoms with van der Waals surface area (Å²) in [4.78, 5) is 7.98. The molecular weight excluding hydrogens is 222 g/mol. The van der Waals surface area contributed by atoms with Crippen molar-refractivity contribution in [2.45, 2.75) is 36.8 Å². The summed E-state index contributed by atoms with van der Waals surface area (Å²) in [7, 11) is 0. The van der Waals surface area contributed by atoms with Gasteiger partial charge >= 0.3 is 0 Å². The molecule has 5 heteroatoms. The Hall–Kier alpha value is -0.650. The minimum Gasteiger partial charge on any atom is -0.389 e. The van der Waals surface area contributed by atoms with Crippen molar-refractivity contribution in [3.8, 4) is 0 Å². The van der Waals surface area contributed by atoms with E-state index in [2.05, 4.69) is 9.97 Å². The highest BCUT2D eigenvalue weighted by molar-refractivity contribution is 7.99. The molecule has 0 aliphatic carbocycles. The van der Waals surface area contributed by atoms with Crippen molar-refractivity contribution in [1.29, 1.82) is 0 Å². The van der Waals surface area contributed by atoms with E-state index >= 15 is 0 Å². The molecule has 90 valence electrons. The first-order chi connectivity index (χ1) is 7.70. The highest BCUT2D eigenvalue weighted by Crippen LogP contribution is 2.20. The molecule has 0 aromatic carbocycles. The van der Waals surface area contributed by atoms with Crippen LogP contribution in [0, 0.1) is 0 Å². The number of aromatic nitrogens is 2. The van der Waals surface area contributed by atoms with Crippen molar-refractivity contribution in [2.75, 3.05) is 12.3 Å². The van der Waals surface area contributed by atoms with Gasteiger partial charge in [0, 0.05) is 12.7 Å². The lowest BCUT2D eigenvalue weighted by molar-refractivity contribution is 0.0360. The Morgan fingerprint density at radius 1 is 1.56 bits per heavy atom. The largest absolute Gasteiger partial charge is 0.389 e. The lowest BCUT2D eigenvalue weighted by Crippen LogP contribution is -2.36. The van der Waals surface area contributed by atoms with Crippen molar-refractivity contribution >= 4 is 11.8 Å². The van der Waals surface area contributed by atoms with Crippen LogP contribution >= 0.6 is 11.8 Å². The topological polar surface area (TPSA) is 72.0 Å². The Morgan fingerprint density at radius 3 is 2.94 bits per heavy atom. The molecule has 0 amide bonds. The van der Waals surface area contributed by atoms with Crippen molar-refractivity contribution in [2.24, 2.45) is 5.73 Å². The summed E-state index contributed by atoms with van der Waals surface area (Å²) in [5.74, 6) is 0.944. The first-order valence-corrected chi connectivity index (χ1v) is 6.50. The Morgan fingerprint density at radius 2 is 2.38 bits per heavy atom. The quantitative estimate of drug-likeness (QED) is 0.429. The first kappa shape index (κ1) is 13.4. The summed E-state index contributed by atoms with van der Waals surface area (Å²) >= 11 is 1.68. The van der Waals surface area contributed by atoms with Crippen molar-refractivity contribution in [3.63, 3.8) is 0 Å². The fourth-order valence-electron chi connectivity index (χ4n) is 1.37. The van der Waals surface area contributed by atoms with Gasteiger partial charge in [0.25, 0.3) is 0 Å². The lowest BCUT2D eigenvalue weighted by Gasteiger charge is -2.24. The van der Waals surface area contributed by atoms with Gasteiger partial charge in [0.2, 0.25) is 0 Å². The van der Waals surface area contributed by atoms with Crippen LogP contribution in [-0.4, -0.2) is 33.0 Å². The number of aliphatic hydroxyl groups is 1. The molecule has 0 saturated heterocycles. The van der Waals surface area contributed by atoms with Gasteiger partial charge in [-0.25, -0.2) is 9.97 Å². The number of hydrogen-bond acceptors (Lipinski definition) is 5. The first-order valence-electron chi connectivity index (χ1n) is 5.51. The van der Waals surface area contributed by atoms with Crippen LogP contribution in [0.5, 0.6) is 0 Å². The second-order valence-corrected chi connectivity index (χ2v) is 4.90. The number of rotatable bonds is 7. The van der Waals surface area contributed by atoms with Gasteiger partial charge < -0.3 is 10.8 Å². The molecule has 0 radical (unpaired) electrons. The average molecular weight is 241 g/mol. The molecule has 1 aromatic heterocycles. The standard InChI is InChI=1S/C11H19N3OS/c1-2-11(15,8-12)5-3-7-16-10-4-6-13-9-14-10/h4,6,9,15H,2-3,5,7-8,12H2,1H3. The van der Waals surface area contributed by atoms with Gasteiger partial charge in [0.1, 0.15) is 6.33 Å². The maximum absolute atomic E-state index is 9.97.